The Morgan fingerprint density at radius 2 is 2.14 bits per heavy atom. The molecule has 0 bridgehead atoms. The first-order chi connectivity index (χ1) is 9.81. The average molecular weight is 309 g/mol. The van der Waals surface area contributed by atoms with Crippen molar-refractivity contribution in [3.05, 3.63) is 58.9 Å². The van der Waals surface area contributed by atoms with E-state index in [2.05, 4.69) is 17.0 Å². The smallest absolute Gasteiger partial charge is 0.263 e. The minimum Gasteiger partial charge on any atom is -0.366 e. The number of nitrogens with one attached hydrogen (secondary N) is 2. The van der Waals surface area contributed by atoms with E-state index in [1.165, 1.54) is 12.1 Å². The third kappa shape index (κ3) is 4.13. The maximum Gasteiger partial charge on any atom is 0.263 e. The summed E-state index contributed by atoms with van der Waals surface area (Å²) in [6, 6.07) is 3.07. The third-order valence-corrected chi connectivity index (χ3v) is 3.68. The molecule has 0 radical (unpaired) electrons. The van der Waals surface area contributed by atoms with E-state index in [-0.39, 0.29) is 16.2 Å². The van der Waals surface area contributed by atoms with E-state index < -0.39 is 21.7 Å². The second-order valence-corrected chi connectivity index (χ2v) is 5.43. The predicted octanol–water partition coefficient (Wildman–Crippen LogP) is 1.54. The number of hydrogen-bond donors (Lipinski definition) is 3. The molecule has 8 heteroatoms. The lowest BCUT2D eigenvalue weighted by atomic mass is 10.2. The molecule has 21 heavy (non-hydrogen) atoms. The van der Waals surface area contributed by atoms with Crippen molar-refractivity contribution in [2.45, 2.75) is 0 Å². The summed E-state index contributed by atoms with van der Waals surface area (Å²) in [4.78, 5) is 10.5. The number of anilines is 1. The van der Waals surface area contributed by atoms with Crippen LogP contribution in [0.2, 0.25) is 0 Å². The number of carbonyl (C=O) groups is 1. The molecular weight excluding hydrogens is 297 g/mol. The highest BCUT2D eigenvalue weighted by Gasteiger charge is 2.16. The van der Waals surface area contributed by atoms with Crippen LogP contribution in [-0.2, 0) is 10.0 Å². The highest BCUT2D eigenvalue weighted by molar-refractivity contribution is 7.97. The molecule has 0 saturated carbocycles. The number of benzene rings is 1. The van der Waals surface area contributed by atoms with Gasteiger partial charge in [0, 0.05) is 6.21 Å². The van der Waals surface area contributed by atoms with Crippen LogP contribution in [-0.4, -0.2) is 20.5 Å². The van der Waals surface area contributed by atoms with Crippen LogP contribution in [0.4, 0.5) is 10.1 Å². The Bertz CT molecular complexity index is 763. The molecule has 0 unspecified atom stereocenters. The van der Waals surface area contributed by atoms with E-state index in [0.717, 1.165) is 18.2 Å². The van der Waals surface area contributed by atoms with E-state index in [1.54, 1.807) is 0 Å². The zero-order valence-corrected chi connectivity index (χ0v) is 11.6. The Kier molecular flexibility index (Phi) is 5.18. The van der Waals surface area contributed by atoms with Crippen LogP contribution in [0.25, 0.3) is 0 Å². The van der Waals surface area contributed by atoms with Gasteiger partial charge >= 0.3 is 0 Å². The molecule has 1 amide bonds. The molecule has 0 saturated heterocycles. The van der Waals surface area contributed by atoms with Crippen LogP contribution in [0.5, 0.6) is 0 Å². The van der Waals surface area contributed by atoms with Gasteiger partial charge in [-0.15, -0.1) is 5.73 Å². The average Bonchev–Trinajstić information content (AvgIpc) is 2.38. The minimum absolute atomic E-state index is 0.104. The van der Waals surface area contributed by atoms with Crippen molar-refractivity contribution in [1.29, 1.82) is 5.41 Å². The number of primary amides is 1. The minimum atomic E-state index is -4.06. The number of halogens is 1. The van der Waals surface area contributed by atoms with Crippen molar-refractivity contribution in [3.8, 4) is 0 Å². The van der Waals surface area contributed by atoms with Crippen molar-refractivity contribution >= 4 is 27.8 Å². The third-order valence-electron chi connectivity index (χ3n) is 2.30. The highest BCUT2D eigenvalue weighted by Crippen LogP contribution is 2.17. The molecular formula is C13H12FN3O3S. The van der Waals surface area contributed by atoms with Gasteiger partial charge in [-0.25, -0.2) is 12.8 Å². The van der Waals surface area contributed by atoms with Gasteiger partial charge in [0.25, 0.3) is 15.9 Å². The molecule has 4 N–H and O–H groups in total. The fourth-order valence-electron chi connectivity index (χ4n) is 1.35. The molecule has 0 aromatic heterocycles. The molecule has 0 spiro atoms. The van der Waals surface area contributed by atoms with Crippen molar-refractivity contribution in [2.24, 2.45) is 5.73 Å². The maximum absolute atomic E-state index is 13.5. The summed E-state index contributed by atoms with van der Waals surface area (Å²) in [5.74, 6) is -1.91. The van der Waals surface area contributed by atoms with Gasteiger partial charge in [0.05, 0.1) is 11.3 Å². The van der Waals surface area contributed by atoms with Gasteiger partial charge in [-0.3, -0.25) is 9.52 Å². The van der Waals surface area contributed by atoms with Gasteiger partial charge in [-0.05, 0) is 30.4 Å². The summed E-state index contributed by atoms with van der Waals surface area (Å²) < 4.78 is 39.5. The van der Waals surface area contributed by atoms with Crippen molar-refractivity contribution in [2.75, 3.05) is 4.72 Å². The Balaban J connectivity index is 3.15. The largest absolute Gasteiger partial charge is 0.366 e. The number of nitrogens with two attached hydrogens (primary N) is 1. The van der Waals surface area contributed by atoms with E-state index in [4.69, 9.17) is 11.1 Å². The molecule has 1 aromatic carbocycles. The van der Waals surface area contributed by atoms with Crippen LogP contribution in [0, 0.1) is 11.2 Å². The van der Waals surface area contributed by atoms with E-state index in [0.29, 0.717) is 6.21 Å². The molecule has 0 fully saturated rings. The fraction of sp³-hybridized carbons (Fsp3) is 0. The molecule has 1 rings (SSSR count). The Morgan fingerprint density at radius 1 is 1.48 bits per heavy atom. The Labute approximate surface area is 121 Å². The van der Waals surface area contributed by atoms with Crippen molar-refractivity contribution < 1.29 is 17.6 Å². The molecule has 0 aliphatic carbocycles. The molecule has 0 atom stereocenters. The Morgan fingerprint density at radius 3 is 2.62 bits per heavy atom. The van der Waals surface area contributed by atoms with E-state index >= 15 is 0 Å². The number of rotatable bonds is 6. The standard InChI is InChI=1S/C13H12FN3O3S/c1-2-3-4-10(8-15)21(19,20)17-9-5-6-11(13(16)18)12(14)7-9/h3-8,15,17H,1H2,(H2,16,18)/b10-4+,15-8?. The molecule has 1 aromatic rings. The Hall–Kier alpha value is -2.70. The summed E-state index contributed by atoms with van der Waals surface area (Å²) in [5, 5.41) is 7.08. The number of hydrogen-bond acceptors (Lipinski definition) is 4. The highest BCUT2D eigenvalue weighted by atomic mass is 32.2. The number of sulfonamides is 1. The van der Waals surface area contributed by atoms with Gasteiger partial charge in [0.15, 0.2) is 0 Å². The second kappa shape index (κ2) is 6.65. The van der Waals surface area contributed by atoms with Crippen LogP contribution < -0.4 is 10.5 Å². The van der Waals surface area contributed by atoms with Crippen LogP contribution >= 0.6 is 0 Å². The molecule has 0 aliphatic rings. The summed E-state index contributed by atoms with van der Waals surface area (Å²) in [5.41, 5.74) is 6.83. The van der Waals surface area contributed by atoms with Gasteiger partial charge in [0.2, 0.25) is 0 Å². The van der Waals surface area contributed by atoms with Gasteiger partial charge in [-0.1, -0.05) is 6.58 Å². The van der Waals surface area contributed by atoms with E-state index in [9.17, 15) is 17.6 Å². The summed E-state index contributed by atoms with van der Waals surface area (Å²) >= 11 is 0. The van der Waals surface area contributed by atoms with Gasteiger partial charge in [0.1, 0.15) is 10.7 Å². The first-order valence-electron chi connectivity index (χ1n) is 5.50. The number of allylic oxidation sites excluding steroid dienone is 3. The normalized spacial score (nSPS) is 11.4. The fourth-order valence-corrected chi connectivity index (χ4v) is 2.31. The quantitative estimate of drug-likeness (QED) is 0.421. The lowest BCUT2D eigenvalue weighted by molar-refractivity contribution is 0.0996. The first-order valence-corrected chi connectivity index (χ1v) is 6.99. The van der Waals surface area contributed by atoms with Crippen LogP contribution in [0.1, 0.15) is 10.4 Å². The monoisotopic (exact) mass is 309 g/mol. The predicted molar refractivity (Wildman–Crippen MR) is 78.0 cm³/mol. The number of amides is 1. The second-order valence-electron chi connectivity index (χ2n) is 3.75. The zero-order valence-electron chi connectivity index (χ0n) is 10.8. The maximum atomic E-state index is 13.5. The van der Waals surface area contributed by atoms with Gasteiger partial charge < -0.3 is 11.1 Å². The summed E-state index contributed by atoms with van der Waals surface area (Å²) in [6.07, 6.45) is 2.94. The summed E-state index contributed by atoms with van der Waals surface area (Å²) in [6.45, 7) is 3.26. The summed E-state index contributed by atoms with van der Waals surface area (Å²) in [7, 11) is -4.06. The molecule has 110 valence electrons. The first kappa shape index (κ1) is 16.4. The van der Waals surface area contributed by atoms with E-state index in [1.807, 2.05) is 0 Å². The van der Waals surface area contributed by atoms with Crippen LogP contribution in [0.15, 0.2) is 47.6 Å². The topological polar surface area (TPSA) is 113 Å². The van der Waals surface area contributed by atoms with Crippen molar-refractivity contribution in [3.63, 3.8) is 0 Å². The lowest BCUT2D eigenvalue weighted by Crippen LogP contribution is -2.17. The molecule has 0 heterocycles. The van der Waals surface area contributed by atoms with Crippen molar-refractivity contribution in [1.82, 2.24) is 0 Å². The molecule has 6 nitrogen and oxygen atoms in total. The van der Waals surface area contributed by atoms with Crippen LogP contribution in [0.3, 0.4) is 0 Å². The lowest BCUT2D eigenvalue weighted by Gasteiger charge is -2.08. The van der Waals surface area contributed by atoms with Gasteiger partial charge in [-0.2, -0.15) is 0 Å². The molecule has 0 aliphatic heterocycles. The SMILES string of the molecule is C=C=C/C=C(\C=N)S(=O)(=O)Nc1ccc(C(N)=O)c(F)c1. The number of carbonyl (C=O) groups excluding carboxylic acids is 1. The zero-order chi connectivity index (χ0) is 16.0.